The van der Waals surface area contributed by atoms with Crippen LogP contribution in [0.1, 0.15) is 70.0 Å². The Kier molecular flexibility index (Phi) is 6.60. The predicted molar refractivity (Wildman–Crippen MR) is 128 cm³/mol. The molecule has 6 rings (SSSR count). The molecule has 0 unspecified atom stereocenters. The number of benzene rings is 1. The minimum atomic E-state index is -4.65. The highest BCUT2D eigenvalue weighted by molar-refractivity contribution is 6.03. The van der Waals surface area contributed by atoms with Gasteiger partial charge in [-0.05, 0) is 70.1 Å². The van der Waals surface area contributed by atoms with Gasteiger partial charge in [-0.2, -0.15) is 18.2 Å². The predicted octanol–water partition coefficient (Wildman–Crippen LogP) is 6.75. The molecule has 204 valence electrons. The van der Waals surface area contributed by atoms with Crippen molar-refractivity contribution in [2.24, 2.45) is 17.8 Å². The number of hydrogen-bond donors (Lipinski definition) is 1. The number of nitrogens with zero attached hydrogens (tertiary/aromatic N) is 2. The molecule has 2 heterocycles. The van der Waals surface area contributed by atoms with E-state index in [-0.39, 0.29) is 25.7 Å². The number of ether oxygens (including phenoxy) is 1. The van der Waals surface area contributed by atoms with Crippen molar-refractivity contribution in [1.82, 2.24) is 4.98 Å². The summed E-state index contributed by atoms with van der Waals surface area (Å²) < 4.78 is 79.8. The monoisotopic (exact) mass is 529 g/mol. The molecule has 2 bridgehead atoms. The molecule has 1 aliphatic heterocycles. The minimum absolute atomic E-state index is 0. The van der Waals surface area contributed by atoms with E-state index >= 15 is 0 Å². The number of rotatable bonds is 7. The Morgan fingerprint density at radius 3 is 2.41 bits per heavy atom. The van der Waals surface area contributed by atoms with Gasteiger partial charge in [0.1, 0.15) is 12.2 Å². The van der Waals surface area contributed by atoms with E-state index in [1.165, 1.54) is 12.8 Å². The van der Waals surface area contributed by atoms with Gasteiger partial charge in [0.15, 0.2) is 23.1 Å². The van der Waals surface area contributed by atoms with E-state index in [2.05, 4.69) is 10.3 Å². The molecule has 1 saturated heterocycles. The van der Waals surface area contributed by atoms with E-state index in [1.807, 2.05) is 13.8 Å². The summed E-state index contributed by atoms with van der Waals surface area (Å²) in [6, 6.07) is 1.67. The Morgan fingerprint density at radius 2 is 1.84 bits per heavy atom. The first-order chi connectivity index (χ1) is 17.4. The van der Waals surface area contributed by atoms with Gasteiger partial charge >= 0.3 is 6.18 Å². The lowest BCUT2D eigenvalue weighted by Gasteiger charge is -2.45. The van der Waals surface area contributed by atoms with Crippen molar-refractivity contribution in [3.8, 4) is 5.75 Å². The van der Waals surface area contributed by atoms with E-state index in [4.69, 9.17) is 9.15 Å². The fraction of sp³-hybridized carbons (Fsp3) is 0.615. The normalized spacial score (nSPS) is 24.6. The average Bonchev–Trinajstić information content (AvgIpc) is 3.33. The van der Waals surface area contributed by atoms with Crippen molar-refractivity contribution >= 4 is 17.6 Å². The van der Waals surface area contributed by atoms with Crippen molar-refractivity contribution < 1.29 is 37.3 Å². The van der Waals surface area contributed by atoms with Crippen LogP contribution < -0.4 is 15.0 Å². The summed E-state index contributed by atoms with van der Waals surface area (Å²) >= 11 is 0. The number of alkyl halides is 3. The average molecular weight is 530 g/mol. The molecular weight excluding hydrogens is 497 g/mol. The van der Waals surface area contributed by atoms with Gasteiger partial charge in [-0.1, -0.05) is 0 Å². The highest BCUT2D eigenvalue weighted by Crippen LogP contribution is 2.48. The molecule has 4 fully saturated rings. The molecule has 1 aromatic heterocycles. The lowest BCUT2D eigenvalue weighted by atomic mass is 9.61. The third kappa shape index (κ3) is 5.55. The number of carbonyl (C=O) groups is 1. The number of oxazole rings is 1. The number of halogens is 5. The highest BCUT2D eigenvalue weighted by atomic mass is 19.4. The molecule has 6 nitrogen and oxygen atoms in total. The second-order valence-electron chi connectivity index (χ2n) is 11.2. The van der Waals surface area contributed by atoms with Gasteiger partial charge in [0.25, 0.3) is 11.9 Å². The smallest absolute Gasteiger partial charge is 0.396 e. The van der Waals surface area contributed by atoms with Gasteiger partial charge in [-0.25, -0.2) is 8.78 Å². The van der Waals surface area contributed by atoms with Crippen LogP contribution >= 0.6 is 0 Å². The highest BCUT2D eigenvalue weighted by Gasteiger charge is 2.40. The van der Waals surface area contributed by atoms with E-state index < -0.39 is 52.9 Å². The number of aromatic nitrogens is 1. The van der Waals surface area contributed by atoms with E-state index in [0.29, 0.717) is 18.4 Å². The molecule has 3 saturated carbocycles. The largest absolute Gasteiger partial charge is 0.487 e. The summed E-state index contributed by atoms with van der Waals surface area (Å²) in [6.07, 6.45) is -0.161. The summed E-state index contributed by atoms with van der Waals surface area (Å²) in [5, 5.41) is 2.25. The van der Waals surface area contributed by atoms with Gasteiger partial charge in [-0.3, -0.25) is 4.79 Å². The molecule has 0 radical (unpaired) electrons. The SMILES string of the molecule is CC1(C)CCCN1c1nc(C(=O)Nc2cc(F)c(OCC3CC4CC(C3)C4)c(F)c2)c(CC(F)(F)F)o1.[HH]. The van der Waals surface area contributed by atoms with Crippen LogP contribution in [0.4, 0.5) is 33.7 Å². The summed E-state index contributed by atoms with van der Waals surface area (Å²) in [7, 11) is 0. The van der Waals surface area contributed by atoms with Gasteiger partial charge in [0, 0.05) is 31.3 Å². The molecule has 2 aromatic rings. The first-order valence-corrected chi connectivity index (χ1v) is 12.7. The quantitative estimate of drug-likeness (QED) is 0.402. The summed E-state index contributed by atoms with van der Waals surface area (Å²) in [5.74, 6) is -2.65. The van der Waals surface area contributed by atoms with Crippen molar-refractivity contribution in [2.75, 3.05) is 23.4 Å². The third-order valence-corrected chi connectivity index (χ3v) is 7.78. The van der Waals surface area contributed by atoms with Gasteiger partial charge in [0.2, 0.25) is 0 Å². The summed E-state index contributed by atoms with van der Waals surface area (Å²) in [6.45, 7) is 4.53. The Hall–Kier alpha value is -2.85. The molecule has 0 atom stereocenters. The number of amides is 1. The zero-order valence-corrected chi connectivity index (χ0v) is 20.8. The Labute approximate surface area is 213 Å². The molecule has 37 heavy (non-hydrogen) atoms. The fourth-order valence-electron chi connectivity index (χ4n) is 5.99. The molecule has 3 aliphatic carbocycles. The topological polar surface area (TPSA) is 67.6 Å². The first-order valence-electron chi connectivity index (χ1n) is 12.7. The van der Waals surface area contributed by atoms with Gasteiger partial charge in [-0.15, -0.1) is 0 Å². The molecular formula is C26H32F5N3O3. The minimum Gasteiger partial charge on any atom is -0.487 e. The first kappa shape index (κ1) is 25.8. The van der Waals surface area contributed by atoms with Crippen molar-refractivity contribution in [3.63, 3.8) is 0 Å². The van der Waals surface area contributed by atoms with Crippen molar-refractivity contribution in [1.29, 1.82) is 0 Å². The number of carbonyl (C=O) groups excluding carboxylic acids is 1. The zero-order valence-electron chi connectivity index (χ0n) is 20.8. The van der Waals surface area contributed by atoms with Crippen LogP contribution in [0.5, 0.6) is 5.75 Å². The fourth-order valence-corrected chi connectivity index (χ4v) is 5.99. The maximum atomic E-state index is 14.7. The molecule has 1 N–H and O–H groups in total. The maximum Gasteiger partial charge on any atom is 0.396 e. The van der Waals surface area contributed by atoms with Crippen molar-refractivity contribution in [3.05, 3.63) is 35.2 Å². The molecule has 1 amide bonds. The number of fused-ring (bicyclic) bond motifs is 2. The molecule has 0 spiro atoms. The van der Waals surface area contributed by atoms with E-state index in [0.717, 1.165) is 37.8 Å². The van der Waals surface area contributed by atoms with E-state index in [1.54, 1.807) is 4.90 Å². The van der Waals surface area contributed by atoms with E-state index in [9.17, 15) is 26.7 Å². The number of nitrogens with one attached hydrogen (secondary N) is 1. The van der Waals surface area contributed by atoms with Crippen LogP contribution in [-0.4, -0.2) is 35.8 Å². The summed E-state index contributed by atoms with van der Waals surface area (Å²) in [5.41, 5.74) is -1.25. The van der Waals surface area contributed by atoms with Crippen molar-refractivity contribution in [2.45, 2.75) is 70.5 Å². The van der Waals surface area contributed by atoms with Crippen LogP contribution in [-0.2, 0) is 6.42 Å². The van der Waals surface area contributed by atoms with Crippen LogP contribution in [0.25, 0.3) is 0 Å². The zero-order chi connectivity index (χ0) is 26.5. The second-order valence-corrected chi connectivity index (χ2v) is 11.2. The Bertz CT molecular complexity index is 1150. The van der Waals surface area contributed by atoms with Gasteiger partial charge in [0.05, 0.1) is 6.61 Å². The lowest BCUT2D eigenvalue weighted by Crippen LogP contribution is -2.38. The molecule has 1 aromatic carbocycles. The van der Waals surface area contributed by atoms with Gasteiger partial charge < -0.3 is 19.4 Å². The standard InChI is InChI=1S/C26H30F5N3O3.H2/c1-25(2)4-3-5-34(25)24-33-21(20(37-24)12-26(29,30)31)23(35)32-17-10-18(27)22(19(28)11-17)36-13-16-8-14-6-15(7-14)9-16;/h10-11,14-16H,3-9,12-13H2,1-2H3,(H,32,35);1H. The van der Waals surface area contributed by atoms with Crippen LogP contribution in [0.3, 0.4) is 0 Å². The molecule has 4 aliphatic rings. The summed E-state index contributed by atoms with van der Waals surface area (Å²) in [4.78, 5) is 18.7. The van der Waals surface area contributed by atoms with Crippen LogP contribution in [0, 0.1) is 29.4 Å². The second kappa shape index (κ2) is 9.47. The number of anilines is 2. The third-order valence-electron chi connectivity index (χ3n) is 7.78. The lowest BCUT2D eigenvalue weighted by molar-refractivity contribution is -0.130. The van der Waals surface area contributed by atoms with Crippen LogP contribution in [0.2, 0.25) is 0 Å². The Morgan fingerprint density at radius 1 is 1.19 bits per heavy atom. The maximum absolute atomic E-state index is 14.7. The Balaban J connectivity index is 0.00000336. The van der Waals surface area contributed by atoms with Crippen LogP contribution in [0.15, 0.2) is 16.5 Å². The number of hydrogen-bond acceptors (Lipinski definition) is 5. The molecule has 11 heteroatoms.